The molecule has 96 valence electrons. The van der Waals surface area contributed by atoms with Crippen molar-refractivity contribution >= 4 is 5.91 Å². The smallest absolute Gasteiger partial charge is 0.282 e. The van der Waals surface area contributed by atoms with Gasteiger partial charge in [0, 0.05) is 12.1 Å². The first-order valence-electron chi connectivity index (χ1n) is 6.05. The minimum Gasteiger partial charge on any atom is -0.326 e. The molecule has 18 heavy (non-hydrogen) atoms. The maximum Gasteiger partial charge on any atom is 0.282 e. The van der Waals surface area contributed by atoms with E-state index in [2.05, 4.69) is 5.32 Å². The number of fused-ring (bicyclic) bond motifs is 1. The third kappa shape index (κ3) is 1.99. The van der Waals surface area contributed by atoms with Crippen LogP contribution in [0.4, 0.5) is 8.78 Å². The predicted molar refractivity (Wildman–Crippen MR) is 62.7 cm³/mol. The zero-order chi connectivity index (χ0) is 12.8. The van der Waals surface area contributed by atoms with E-state index >= 15 is 0 Å². The van der Waals surface area contributed by atoms with Gasteiger partial charge < -0.3 is 10.2 Å². The van der Waals surface area contributed by atoms with Gasteiger partial charge in [0.15, 0.2) is 0 Å². The monoisotopic (exact) mass is 252 g/mol. The lowest BCUT2D eigenvalue weighted by Crippen LogP contribution is -2.58. The first-order valence-corrected chi connectivity index (χ1v) is 6.05. The molecule has 1 N–H and O–H groups in total. The van der Waals surface area contributed by atoms with Crippen LogP contribution in [0.2, 0.25) is 0 Å². The van der Waals surface area contributed by atoms with E-state index in [4.69, 9.17) is 0 Å². The van der Waals surface area contributed by atoms with Crippen LogP contribution in [-0.2, 0) is 13.0 Å². The van der Waals surface area contributed by atoms with Crippen molar-refractivity contribution in [1.82, 2.24) is 10.2 Å². The maximum atomic E-state index is 12.7. The quantitative estimate of drug-likeness (QED) is 0.820. The maximum absolute atomic E-state index is 12.7. The Kier molecular flexibility index (Phi) is 2.59. The van der Waals surface area contributed by atoms with E-state index in [-0.39, 0.29) is 5.91 Å². The molecule has 2 aliphatic heterocycles. The molecule has 1 fully saturated rings. The Hall–Kier alpha value is -1.49. The van der Waals surface area contributed by atoms with Gasteiger partial charge in [-0.15, -0.1) is 0 Å². The molecule has 2 aliphatic rings. The SMILES string of the molecule is O=C(c1ccc2c(c1)CNCC2)N1CC(F)(F)C1. The molecule has 5 heteroatoms. The van der Waals surface area contributed by atoms with Crippen molar-refractivity contribution in [3.63, 3.8) is 0 Å². The summed E-state index contributed by atoms with van der Waals surface area (Å²) in [4.78, 5) is 13.2. The number of rotatable bonds is 1. The Morgan fingerprint density at radius 1 is 1.28 bits per heavy atom. The lowest BCUT2D eigenvalue weighted by Gasteiger charge is -2.38. The van der Waals surface area contributed by atoms with E-state index in [1.54, 1.807) is 6.07 Å². The fraction of sp³-hybridized carbons (Fsp3) is 0.462. The molecule has 0 unspecified atom stereocenters. The molecular formula is C13H14F2N2O. The Balaban J connectivity index is 1.78. The number of nitrogens with zero attached hydrogens (tertiary/aromatic N) is 1. The second kappa shape index (κ2) is 4.02. The number of likely N-dealkylation sites (tertiary alicyclic amines) is 1. The topological polar surface area (TPSA) is 32.3 Å². The first kappa shape index (κ1) is 11.6. The molecule has 3 nitrogen and oxygen atoms in total. The Labute approximate surface area is 104 Å². The van der Waals surface area contributed by atoms with Crippen molar-refractivity contribution in [2.45, 2.75) is 18.9 Å². The minimum atomic E-state index is -2.70. The first-order chi connectivity index (χ1) is 8.55. The second-order valence-electron chi connectivity index (χ2n) is 4.93. The number of hydrogen-bond acceptors (Lipinski definition) is 2. The van der Waals surface area contributed by atoms with Crippen LogP contribution >= 0.6 is 0 Å². The highest BCUT2D eigenvalue weighted by atomic mass is 19.3. The summed E-state index contributed by atoms with van der Waals surface area (Å²) in [7, 11) is 0. The summed E-state index contributed by atoms with van der Waals surface area (Å²) in [6.07, 6.45) is 0.950. The van der Waals surface area contributed by atoms with Crippen molar-refractivity contribution in [1.29, 1.82) is 0 Å². The number of amides is 1. The van der Waals surface area contributed by atoms with Gasteiger partial charge in [-0.3, -0.25) is 4.79 Å². The average Bonchev–Trinajstić information content (AvgIpc) is 2.34. The number of nitrogens with one attached hydrogen (secondary N) is 1. The number of carbonyl (C=O) groups excluding carboxylic acids is 1. The third-order valence-corrected chi connectivity index (χ3v) is 3.47. The molecule has 1 aromatic rings. The molecule has 2 heterocycles. The average molecular weight is 252 g/mol. The zero-order valence-corrected chi connectivity index (χ0v) is 9.88. The van der Waals surface area contributed by atoms with Crippen molar-refractivity contribution < 1.29 is 13.6 Å². The van der Waals surface area contributed by atoms with Gasteiger partial charge in [0.05, 0.1) is 13.1 Å². The summed E-state index contributed by atoms with van der Waals surface area (Å²) in [6.45, 7) is 0.771. The molecule has 0 atom stereocenters. The number of benzene rings is 1. The third-order valence-electron chi connectivity index (χ3n) is 3.47. The largest absolute Gasteiger partial charge is 0.326 e. The lowest BCUT2D eigenvalue weighted by molar-refractivity contribution is -0.113. The fourth-order valence-electron chi connectivity index (χ4n) is 2.45. The van der Waals surface area contributed by atoms with Gasteiger partial charge in [0.25, 0.3) is 11.8 Å². The predicted octanol–water partition coefficient (Wildman–Crippen LogP) is 1.42. The van der Waals surface area contributed by atoms with E-state index in [0.717, 1.165) is 25.1 Å². The molecule has 1 aromatic carbocycles. The number of halogens is 2. The highest BCUT2D eigenvalue weighted by Crippen LogP contribution is 2.28. The summed E-state index contributed by atoms with van der Waals surface area (Å²) >= 11 is 0. The Morgan fingerprint density at radius 3 is 2.78 bits per heavy atom. The van der Waals surface area contributed by atoms with E-state index in [1.165, 1.54) is 10.5 Å². The van der Waals surface area contributed by atoms with Gasteiger partial charge in [0.2, 0.25) is 0 Å². The molecule has 0 bridgehead atoms. The molecule has 1 saturated heterocycles. The Bertz CT molecular complexity index is 494. The van der Waals surface area contributed by atoms with E-state index < -0.39 is 19.0 Å². The molecule has 0 spiro atoms. The zero-order valence-electron chi connectivity index (χ0n) is 9.88. The highest BCUT2D eigenvalue weighted by Gasteiger charge is 2.46. The van der Waals surface area contributed by atoms with Gasteiger partial charge >= 0.3 is 0 Å². The van der Waals surface area contributed by atoms with Crippen LogP contribution in [0.25, 0.3) is 0 Å². The van der Waals surface area contributed by atoms with Gasteiger partial charge in [-0.25, -0.2) is 8.78 Å². The van der Waals surface area contributed by atoms with Crippen molar-refractivity contribution in [3.8, 4) is 0 Å². The van der Waals surface area contributed by atoms with Crippen LogP contribution in [0.1, 0.15) is 21.5 Å². The van der Waals surface area contributed by atoms with Crippen molar-refractivity contribution in [2.75, 3.05) is 19.6 Å². The summed E-state index contributed by atoms with van der Waals surface area (Å²) in [5.41, 5.74) is 2.84. The summed E-state index contributed by atoms with van der Waals surface area (Å²) in [5, 5.41) is 3.23. The van der Waals surface area contributed by atoms with Gasteiger partial charge in [-0.05, 0) is 36.2 Å². The van der Waals surface area contributed by atoms with Crippen molar-refractivity contribution in [2.24, 2.45) is 0 Å². The number of carbonyl (C=O) groups is 1. The summed E-state index contributed by atoms with van der Waals surface area (Å²) in [5.74, 6) is -3.00. The Morgan fingerprint density at radius 2 is 2.06 bits per heavy atom. The molecule has 0 aromatic heterocycles. The van der Waals surface area contributed by atoms with E-state index in [1.807, 2.05) is 12.1 Å². The highest BCUT2D eigenvalue weighted by molar-refractivity contribution is 5.95. The summed E-state index contributed by atoms with van der Waals surface area (Å²) in [6, 6.07) is 5.49. The van der Waals surface area contributed by atoms with Gasteiger partial charge in [-0.1, -0.05) is 6.07 Å². The van der Waals surface area contributed by atoms with Crippen LogP contribution in [-0.4, -0.2) is 36.4 Å². The van der Waals surface area contributed by atoms with Gasteiger partial charge in [0.1, 0.15) is 0 Å². The fourth-order valence-corrected chi connectivity index (χ4v) is 2.45. The molecule has 3 rings (SSSR count). The van der Waals surface area contributed by atoms with Crippen LogP contribution in [0.15, 0.2) is 18.2 Å². The summed E-state index contributed by atoms with van der Waals surface area (Å²) < 4.78 is 25.5. The van der Waals surface area contributed by atoms with Crippen LogP contribution < -0.4 is 5.32 Å². The number of hydrogen-bond donors (Lipinski definition) is 1. The van der Waals surface area contributed by atoms with Crippen LogP contribution in [0.5, 0.6) is 0 Å². The standard InChI is InChI=1S/C13H14F2N2O/c14-13(15)7-17(8-13)12(18)10-2-1-9-3-4-16-6-11(9)5-10/h1-2,5,16H,3-4,6-8H2. The van der Waals surface area contributed by atoms with E-state index in [9.17, 15) is 13.6 Å². The van der Waals surface area contributed by atoms with E-state index in [0.29, 0.717) is 5.56 Å². The molecule has 0 aliphatic carbocycles. The molecule has 0 radical (unpaired) electrons. The minimum absolute atomic E-state index is 0.297. The molecule has 0 saturated carbocycles. The van der Waals surface area contributed by atoms with Crippen LogP contribution in [0, 0.1) is 0 Å². The molecular weight excluding hydrogens is 238 g/mol. The second-order valence-corrected chi connectivity index (χ2v) is 4.93. The number of alkyl halides is 2. The van der Waals surface area contributed by atoms with Crippen molar-refractivity contribution in [3.05, 3.63) is 34.9 Å². The van der Waals surface area contributed by atoms with Gasteiger partial charge in [-0.2, -0.15) is 0 Å². The molecule has 1 amide bonds. The van der Waals surface area contributed by atoms with Crippen LogP contribution in [0.3, 0.4) is 0 Å². The lowest BCUT2D eigenvalue weighted by atomic mass is 9.97. The normalized spacial score (nSPS) is 21.1.